The maximum absolute atomic E-state index is 12.5. The fraction of sp³-hybridized carbons (Fsp3) is 0.0500. The quantitative estimate of drug-likeness (QED) is 0.492. The first-order valence-corrected chi connectivity index (χ1v) is 9.39. The number of alkyl halides is 2. The molecule has 0 spiro atoms. The minimum Gasteiger partial charge on any atom is -0.433 e. The molecule has 29 heavy (non-hydrogen) atoms. The van der Waals surface area contributed by atoms with Crippen LogP contribution in [0.2, 0.25) is 0 Å². The molecule has 2 aromatic heterocycles. The van der Waals surface area contributed by atoms with Crippen molar-refractivity contribution in [3.05, 3.63) is 78.1 Å². The second-order valence-electron chi connectivity index (χ2n) is 5.88. The maximum Gasteiger partial charge on any atom is 0.387 e. The van der Waals surface area contributed by atoms with Gasteiger partial charge in [-0.2, -0.15) is 13.9 Å². The van der Waals surface area contributed by atoms with Gasteiger partial charge < -0.3 is 10.1 Å². The van der Waals surface area contributed by atoms with Gasteiger partial charge in [-0.25, -0.2) is 9.67 Å². The van der Waals surface area contributed by atoms with Crippen LogP contribution < -0.4 is 10.1 Å². The Balaban J connectivity index is 1.51. The van der Waals surface area contributed by atoms with E-state index >= 15 is 0 Å². The molecule has 1 amide bonds. The Morgan fingerprint density at radius 1 is 1.10 bits per heavy atom. The highest BCUT2D eigenvalue weighted by atomic mass is 32.1. The van der Waals surface area contributed by atoms with E-state index in [-0.39, 0.29) is 17.1 Å². The van der Waals surface area contributed by atoms with E-state index in [1.54, 1.807) is 28.4 Å². The maximum atomic E-state index is 12.5. The standard InChI is InChI=1S/C20H14F2N4O2S/c21-20(22)28-17-9-5-4-8-15(17)24-18(27)16-12-29-19(25-16)13-10-23-26(11-13)14-6-2-1-3-7-14/h1-12,20H,(H,24,27). The minimum absolute atomic E-state index is 0.115. The molecule has 0 atom stereocenters. The van der Waals surface area contributed by atoms with E-state index < -0.39 is 12.5 Å². The van der Waals surface area contributed by atoms with Crippen LogP contribution >= 0.6 is 11.3 Å². The molecule has 0 fully saturated rings. The SMILES string of the molecule is O=C(Nc1ccccc1OC(F)F)c1csc(-c2cnn(-c3ccccc3)c2)n1. The van der Waals surface area contributed by atoms with E-state index in [1.165, 1.54) is 23.5 Å². The number of para-hydroxylation sites is 3. The van der Waals surface area contributed by atoms with Gasteiger partial charge in [-0.15, -0.1) is 11.3 Å². The summed E-state index contributed by atoms with van der Waals surface area (Å²) in [4.78, 5) is 16.8. The summed E-state index contributed by atoms with van der Waals surface area (Å²) in [6.45, 7) is -2.99. The molecule has 0 aliphatic rings. The van der Waals surface area contributed by atoms with E-state index in [2.05, 4.69) is 20.1 Å². The van der Waals surface area contributed by atoms with Crippen LogP contribution in [0.4, 0.5) is 14.5 Å². The Bertz CT molecular complexity index is 1130. The molecule has 0 unspecified atom stereocenters. The number of nitrogens with one attached hydrogen (secondary N) is 1. The fourth-order valence-electron chi connectivity index (χ4n) is 2.62. The summed E-state index contributed by atoms with van der Waals surface area (Å²) in [6.07, 6.45) is 3.49. The summed E-state index contributed by atoms with van der Waals surface area (Å²) >= 11 is 1.29. The number of anilines is 1. The predicted octanol–water partition coefficient (Wildman–Crippen LogP) is 4.85. The van der Waals surface area contributed by atoms with Crippen LogP contribution in [0.5, 0.6) is 5.75 Å². The summed E-state index contributed by atoms with van der Waals surface area (Å²) in [5.41, 5.74) is 1.98. The summed E-state index contributed by atoms with van der Waals surface area (Å²) in [5, 5.41) is 9.09. The van der Waals surface area contributed by atoms with Gasteiger partial charge in [0.1, 0.15) is 16.5 Å². The number of carbonyl (C=O) groups is 1. The molecule has 2 aromatic carbocycles. The first-order chi connectivity index (χ1) is 14.1. The normalized spacial score (nSPS) is 10.9. The Kier molecular flexibility index (Phi) is 5.30. The van der Waals surface area contributed by atoms with E-state index in [9.17, 15) is 13.6 Å². The molecule has 6 nitrogen and oxygen atoms in total. The molecule has 0 saturated heterocycles. The molecule has 0 saturated carbocycles. The minimum atomic E-state index is -2.99. The average molecular weight is 412 g/mol. The van der Waals surface area contributed by atoms with E-state index in [4.69, 9.17) is 0 Å². The van der Waals surface area contributed by atoms with Gasteiger partial charge >= 0.3 is 6.61 Å². The highest BCUT2D eigenvalue weighted by Gasteiger charge is 2.16. The topological polar surface area (TPSA) is 69.0 Å². The summed E-state index contributed by atoms with van der Waals surface area (Å²) in [7, 11) is 0. The number of nitrogens with zero attached hydrogens (tertiary/aromatic N) is 3. The molecule has 0 radical (unpaired) electrons. The highest BCUT2D eigenvalue weighted by Crippen LogP contribution is 2.28. The molecular weight excluding hydrogens is 398 g/mol. The number of hydrogen-bond donors (Lipinski definition) is 1. The summed E-state index contributed by atoms with van der Waals surface area (Å²) < 4.78 is 31.2. The average Bonchev–Trinajstić information content (AvgIpc) is 3.39. The monoisotopic (exact) mass is 412 g/mol. The number of benzene rings is 2. The second-order valence-corrected chi connectivity index (χ2v) is 6.73. The molecule has 9 heteroatoms. The van der Waals surface area contributed by atoms with Gasteiger partial charge in [0.15, 0.2) is 0 Å². The zero-order valence-corrected chi connectivity index (χ0v) is 15.6. The largest absolute Gasteiger partial charge is 0.433 e. The third-order valence-corrected chi connectivity index (χ3v) is 4.83. The number of aromatic nitrogens is 3. The van der Waals surface area contributed by atoms with Gasteiger partial charge in [0, 0.05) is 17.1 Å². The molecular formula is C20H14F2N4O2S. The summed E-state index contributed by atoms with van der Waals surface area (Å²) in [6, 6.07) is 15.6. The van der Waals surface area contributed by atoms with Crippen molar-refractivity contribution in [2.75, 3.05) is 5.32 Å². The summed E-state index contributed by atoms with van der Waals surface area (Å²) in [5.74, 6) is -0.635. The number of carbonyl (C=O) groups excluding carboxylic acids is 1. The van der Waals surface area contributed by atoms with Gasteiger partial charge in [0.05, 0.1) is 17.6 Å². The molecule has 4 rings (SSSR count). The third kappa shape index (κ3) is 4.30. The first-order valence-electron chi connectivity index (χ1n) is 8.51. The number of rotatable bonds is 6. The first kappa shape index (κ1) is 18.8. The van der Waals surface area contributed by atoms with Crippen LogP contribution in [0.15, 0.2) is 72.4 Å². The van der Waals surface area contributed by atoms with Gasteiger partial charge in [0.2, 0.25) is 0 Å². The van der Waals surface area contributed by atoms with Gasteiger partial charge in [-0.3, -0.25) is 4.79 Å². The number of ether oxygens (including phenoxy) is 1. The lowest BCUT2D eigenvalue weighted by molar-refractivity contribution is -0.0493. The van der Waals surface area contributed by atoms with Crippen molar-refractivity contribution < 1.29 is 18.3 Å². The number of hydrogen-bond acceptors (Lipinski definition) is 5. The fourth-order valence-corrected chi connectivity index (χ4v) is 3.40. The van der Waals surface area contributed by atoms with E-state index in [0.717, 1.165) is 11.3 Å². The van der Waals surface area contributed by atoms with Crippen molar-refractivity contribution in [1.82, 2.24) is 14.8 Å². The predicted molar refractivity (Wildman–Crippen MR) is 106 cm³/mol. The molecule has 146 valence electrons. The Morgan fingerprint density at radius 3 is 2.66 bits per heavy atom. The van der Waals surface area contributed by atoms with Crippen LogP contribution in [-0.4, -0.2) is 27.3 Å². The molecule has 0 aliphatic carbocycles. The molecule has 1 N–H and O–H groups in total. The third-order valence-electron chi connectivity index (χ3n) is 3.94. The lowest BCUT2D eigenvalue weighted by atomic mass is 10.3. The number of halogens is 2. The van der Waals surface area contributed by atoms with Crippen LogP contribution in [0.3, 0.4) is 0 Å². The second kappa shape index (κ2) is 8.19. The molecule has 0 bridgehead atoms. The Morgan fingerprint density at radius 2 is 1.86 bits per heavy atom. The molecule has 0 aliphatic heterocycles. The zero-order chi connectivity index (χ0) is 20.2. The van der Waals surface area contributed by atoms with Crippen molar-refractivity contribution in [3.8, 4) is 22.0 Å². The van der Waals surface area contributed by atoms with Gasteiger partial charge in [-0.05, 0) is 24.3 Å². The number of thiazole rings is 1. The van der Waals surface area contributed by atoms with E-state index in [0.29, 0.717) is 5.01 Å². The molecule has 4 aromatic rings. The van der Waals surface area contributed by atoms with Crippen molar-refractivity contribution in [3.63, 3.8) is 0 Å². The van der Waals surface area contributed by atoms with Crippen LogP contribution in [-0.2, 0) is 0 Å². The van der Waals surface area contributed by atoms with Crippen LogP contribution in [0.25, 0.3) is 16.3 Å². The van der Waals surface area contributed by atoms with Crippen molar-refractivity contribution in [1.29, 1.82) is 0 Å². The van der Waals surface area contributed by atoms with E-state index in [1.807, 2.05) is 36.5 Å². The number of amides is 1. The zero-order valence-electron chi connectivity index (χ0n) is 14.8. The lowest BCUT2D eigenvalue weighted by Crippen LogP contribution is -2.14. The highest BCUT2D eigenvalue weighted by molar-refractivity contribution is 7.13. The van der Waals surface area contributed by atoms with Crippen LogP contribution in [0.1, 0.15) is 10.5 Å². The Hall–Kier alpha value is -3.59. The lowest BCUT2D eigenvalue weighted by Gasteiger charge is -2.10. The van der Waals surface area contributed by atoms with Gasteiger partial charge in [0.25, 0.3) is 5.91 Å². The Labute approximate surface area is 168 Å². The smallest absolute Gasteiger partial charge is 0.387 e. The van der Waals surface area contributed by atoms with Gasteiger partial charge in [-0.1, -0.05) is 30.3 Å². The van der Waals surface area contributed by atoms with Crippen molar-refractivity contribution in [2.45, 2.75) is 6.61 Å². The van der Waals surface area contributed by atoms with Crippen molar-refractivity contribution >= 4 is 22.9 Å². The van der Waals surface area contributed by atoms with Crippen LogP contribution in [0, 0.1) is 0 Å². The molecule has 2 heterocycles. The van der Waals surface area contributed by atoms with Crippen molar-refractivity contribution in [2.24, 2.45) is 0 Å².